The fraction of sp³-hybridized carbons (Fsp3) is 0.700. The second-order valence-corrected chi connectivity index (χ2v) is 4.91. The van der Waals surface area contributed by atoms with Gasteiger partial charge in [0.1, 0.15) is 10.0 Å². The molecule has 0 saturated carbocycles. The lowest BCUT2D eigenvalue weighted by Crippen LogP contribution is -2.26. The third-order valence-electron chi connectivity index (χ3n) is 2.16. The van der Waals surface area contributed by atoms with E-state index >= 15 is 0 Å². The molecule has 0 saturated heterocycles. The van der Waals surface area contributed by atoms with Crippen LogP contribution in [0.25, 0.3) is 0 Å². The lowest BCUT2D eigenvalue weighted by Gasteiger charge is -2.14. The third kappa shape index (κ3) is 4.24. The molecule has 1 aromatic rings. The van der Waals surface area contributed by atoms with E-state index in [0.717, 1.165) is 29.3 Å². The highest BCUT2D eigenvalue weighted by atomic mass is 32.1. The molecule has 90 valence electrons. The van der Waals surface area contributed by atoms with Crippen LogP contribution in [0.5, 0.6) is 0 Å². The first-order chi connectivity index (χ1) is 7.63. The Morgan fingerprint density at radius 3 is 2.75 bits per heavy atom. The number of nitrogens with two attached hydrogens (primary N) is 1. The Bertz CT molecular complexity index is 339. The molecule has 0 aliphatic rings. The van der Waals surface area contributed by atoms with Crippen molar-refractivity contribution in [2.24, 2.45) is 5.73 Å². The Labute approximate surface area is 99.5 Å². The van der Waals surface area contributed by atoms with Gasteiger partial charge in [0.05, 0.1) is 6.04 Å². The average Bonchev–Trinajstić information content (AvgIpc) is 2.63. The van der Waals surface area contributed by atoms with Crippen molar-refractivity contribution in [2.75, 3.05) is 6.54 Å². The number of aryl methyl sites for hydroxylation is 1. The van der Waals surface area contributed by atoms with E-state index in [0.29, 0.717) is 6.54 Å². The van der Waals surface area contributed by atoms with E-state index in [1.807, 2.05) is 6.92 Å². The van der Waals surface area contributed by atoms with Gasteiger partial charge in [0.2, 0.25) is 5.91 Å². The van der Waals surface area contributed by atoms with Gasteiger partial charge in [-0.1, -0.05) is 11.3 Å². The van der Waals surface area contributed by atoms with Gasteiger partial charge in [-0.2, -0.15) is 0 Å². The first kappa shape index (κ1) is 13.1. The third-order valence-corrected chi connectivity index (χ3v) is 3.12. The van der Waals surface area contributed by atoms with Crippen LogP contribution in [0.4, 0.5) is 0 Å². The lowest BCUT2D eigenvalue weighted by atomic mass is 10.1. The van der Waals surface area contributed by atoms with Crippen molar-refractivity contribution in [3.8, 4) is 0 Å². The Balaban J connectivity index is 2.59. The highest BCUT2D eigenvalue weighted by molar-refractivity contribution is 7.11. The average molecular weight is 242 g/mol. The number of hydrogen-bond donors (Lipinski definition) is 2. The largest absolute Gasteiger partial charge is 0.347 e. The molecule has 1 unspecified atom stereocenters. The van der Waals surface area contributed by atoms with E-state index in [-0.39, 0.29) is 11.9 Å². The van der Waals surface area contributed by atoms with Gasteiger partial charge in [-0.05, 0) is 32.7 Å². The van der Waals surface area contributed by atoms with Crippen LogP contribution in [0, 0.1) is 6.92 Å². The van der Waals surface area contributed by atoms with E-state index in [1.54, 1.807) is 0 Å². The molecule has 0 radical (unpaired) electrons. The van der Waals surface area contributed by atoms with Crippen LogP contribution in [0.1, 0.15) is 42.2 Å². The van der Waals surface area contributed by atoms with Crippen LogP contribution in [-0.2, 0) is 4.79 Å². The zero-order valence-corrected chi connectivity index (χ0v) is 10.5. The van der Waals surface area contributed by atoms with Crippen LogP contribution in [0.15, 0.2) is 0 Å². The molecule has 0 aliphatic carbocycles. The zero-order valence-electron chi connectivity index (χ0n) is 9.69. The summed E-state index contributed by atoms with van der Waals surface area (Å²) in [6.07, 6.45) is 2.82. The summed E-state index contributed by atoms with van der Waals surface area (Å²) in [7, 11) is 0. The molecule has 16 heavy (non-hydrogen) atoms. The van der Waals surface area contributed by atoms with E-state index < -0.39 is 0 Å². The van der Waals surface area contributed by atoms with E-state index in [1.165, 1.54) is 18.3 Å². The van der Waals surface area contributed by atoms with Crippen LogP contribution >= 0.6 is 11.3 Å². The van der Waals surface area contributed by atoms with Gasteiger partial charge in [0, 0.05) is 6.92 Å². The van der Waals surface area contributed by atoms with Crippen molar-refractivity contribution < 1.29 is 4.79 Å². The van der Waals surface area contributed by atoms with Crippen LogP contribution in [-0.4, -0.2) is 22.6 Å². The fourth-order valence-electron chi connectivity index (χ4n) is 1.45. The zero-order chi connectivity index (χ0) is 12.0. The summed E-state index contributed by atoms with van der Waals surface area (Å²) in [6.45, 7) is 4.11. The number of hydrogen-bond acceptors (Lipinski definition) is 5. The number of aromatic nitrogens is 2. The van der Waals surface area contributed by atoms with Gasteiger partial charge in [0.25, 0.3) is 0 Å². The molecule has 1 atom stereocenters. The predicted molar refractivity (Wildman–Crippen MR) is 64.1 cm³/mol. The Morgan fingerprint density at radius 1 is 1.50 bits per heavy atom. The number of nitrogens with one attached hydrogen (secondary N) is 1. The molecule has 1 heterocycles. The minimum atomic E-state index is -0.0365. The first-order valence-corrected chi connectivity index (χ1v) is 6.22. The van der Waals surface area contributed by atoms with Gasteiger partial charge in [0.15, 0.2) is 0 Å². The number of nitrogens with zero attached hydrogens (tertiary/aromatic N) is 2. The molecule has 0 bridgehead atoms. The normalized spacial score (nSPS) is 12.4. The molecule has 0 spiro atoms. The Hall–Kier alpha value is -1.01. The van der Waals surface area contributed by atoms with Crippen molar-refractivity contribution in [2.45, 2.75) is 39.2 Å². The first-order valence-electron chi connectivity index (χ1n) is 5.40. The molecule has 0 aromatic carbocycles. The minimum absolute atomic E-state index is 0.0183. The molecule has 1 rings (SSSR count). The summed E-state index contributed by atoms with van der Waals surface area (Å²) in [6, 6.07) is -0.0183. The standard InChI is InChI=1S/C10H18N4OS/c1-7(15)12-9(5-3-4-6-11)10-14-13-8(2)16-10/h9H,3-6,11H2,1-2H3,(H,12,15). The maximum Gasteiger partial charge on any atom is 0.217 e. The number of amides is 1. The molecular weight excluding hydrogens is 224 g/mol. The Kier molecular flexibility index (Phi) is 5.34. The van der Waals surface area contributed by atoms with Crippen molar-refractivity contribution in [1.82, 2.24) is 15.5 Å². The number of unbranched alkanes of at least 4 members (excludes halogenated alkanes) is 1. The van der Waals surface area contributed by atoms with Crippen molar-refractivity contribution in [3.05, 3.63) is 10.0 Å². The van der Waals surface area contributed by atoms with E-state index in [4.69, 9.17) is 5.73 Å². The summed E-state index contributed by atoms with van der Waals surface area (Å²) in [5.74, 6) is -0.0365. The van der Waals surface area contributed by atoms with E-state index in [9.17, 15) is 4.79 Å². The van der Waals surface area contributed by atoms with Crippen LogP contribution in [0.3, 0.4) is 0 Å². The minimum Gasteiger partial charge on any atom is -0.347 e. The van der Waals surface area contributed by atoms with Gasteiger partial charge in [-0.25, -0.2) is 0 Å². The molecule has 1 amide bonds. The second-order valence-electron chi connectivity index (χ2n) is 3.70. The second kappa shape index (κ2) is 6.55. The topological polar surface area (TPSA) is 80.9 Å². The smallest absolute Gasteiger partial charge is 0.217 e. The SMILES string of the molecule is CC(=O)NC(CCCCN)c1nnc(C)s1. The molecule has 0 fully saturated rings. The summed E-state index contributed by atoms with van der Waals surface area (Å²) in [5.41, 5.74) is 5.45. The van der Waals surface area contributed by atoms with Crippen molar-refractivity contribution in [1.29, 1.82) is 0 Å². The van der Waals surface area contributed by atoms with Crippen LogP contribution in [0.2, 0.25) is 0 Å². The van der Waals surface area contributed by atoms with Crippen molar-refractivity contribution in [3.63, 3.8) is 0 Å². The van der Waals surface area contributed by atoms with Gasteiger partial charge >= 0.3 is 0 Å². The fourth-order valence-corrected chi connectivity index (χ4v) is 2.23. The summed E-state index contributed by atoms with van der Waals surface area (Å²) >= 11 is 1.53. The molecule has 1 aromatic heterocycles. The van der Waals surface area contributed by atoms with Crippen LogP contribution < -0.4 is 11.1 Å². The highest BCUT2D eigenvalue weighted by Gasteiger charge is 2.16. The maximum absolute atomic E-state index is 11.1. The molecule has 6 heteroatoms. The highest BCUT2D eigenvalue weighted by Crippen LogP contribution is 2.22. The lowest BCUT2D eigenvalue weighted by molar-refractivity contribution is -0.119. The number of rotatable bonds is 6. The molecule has 3 N–H and O–H groups in total. The molecule has 5 nitrogen and oxygen atoms in total. The van der Waals surface area contributed by atoms with Gasteiger partial charge < -0.3 is 11.1 Å². The quantitative estimate of drug-likeness (QED) is 0.733. The number of carbonyl (C=O) groups is 1. The molecule has 0 aliphatic heterocycles. The number of carbonyl (C=O) groups excluding carboxylic acids is 1. The summed E-state index contributed by atoms with van der Waals surface area (Å²) in [4.78, 5) is 11.1. The predicted octanol–water partition coefficient (Wildman–Crippen LogP) is 1.15. The summed E-state index contributed by atoms with van der Waals surface area (Å²) < 4.78 is 0. The van der Waals surface area contributed by atoms with Gasteiger partial charge in [-0.15, -0.1) is 10.2 Å². The van der Waals surface area contributed by atoms with Crippen molar-refractivity contribution >= 4 is 17.2 Å². The van der Waals surface area contributed by atoms with E-state index in [2.05, 4.69) is 15.5 Å². The van der Waals surface area contributed by atoms with Gasteiger partial charge in [-0.3, -0.25) is 4.79 Å². The molecular formula is C10H18N4OS. The monoisotopic (exact) mass is 242 g/mol. The Morgan fingerprint density at radius 2 is 2.25 bits per heavy atom. The maximum atomic E-state index is 11.1. The summed E-state index contributed by atoms with van der Waals surface area (Å²) in [5, 5.41) is 12.7.